The average Bonchev–Trinajstić information content (AvgIpc) is 3.12. The van der Waals surface area contributed by atoms with E-state index in [0.717, 1.165) is 44.8 Å². The smallest absolute Gasteiger partial charge is 0.329 e. The van der Waals surface area contributed by atoms with Crippen LogP contribution >= 0.6 is 0 Å². The largest absolute Gasteiger partial charge is 0.367 e. The predicted molar refractivity (Wildman–Crippen MR) is 128 cm³/mol. The fraction of sp³-hybridized carbons (Fsp3) is 0.625. The van der Waals surface area contributed by atoms with Crippen LogP contribution in [0, 0.1) is 11.2 Å². The Kier molecular flexibility index (Phi) is 5.25. The summed E-state index contributed by atoms with van der Waals surface area (Å²) in [5, 5.41) is 10.8. The number of fused-ring (bicyclic) bond motifs is 1. The molecule has 2 aromatic rings. The van der Waals surface area contributed by atoms with Crippen LogP contribution in [0.2, 0.25) is 0 Å². The van der Waals surface area contributed by atoms with Crippen molar-refractivity contribution < 1.29 is 14.0 Å². The summed E-state index contributed by atoms with van der Waals surface area (Å²) < 4.78 is 17.0. The number of anilines is 2. The predicted octanol–water partition coefficient (Wildman–Crippen LogP) is 1.81. The number of piperidine rings is 1. The van der Waals surface area contributed by atoms with Gasteiger partial charge in [0.05, 0.1) is 11.2 Å². The van der Waals surface area contributed by atoms with Crippen LogP contribution in [0.4, 0.5) is 20.7 Å². The molecule has 4 heterocycles. The Morgan fingerprint density at radius 3 is 2.50 bits per heavy atom. The van der Waals surface area contributed by atoms with E-state index in [0.29, 0.717) is 28.3 Å². The molecule has 0 radical (unpaired) electrons. The summed E-state index contributed by atoms with van der Waals surface area (Å²) in [6.07, 6.45) is 5.42. The lowest BCUT2D eigenvalue weighted by Gasteiger charge is -2.55. The third-order valence-corrected chi connectivity index (χ3v) is 8.38. The van der Waals surface area contributed by atoms with E-state index >= 15 is 4.39 Å². The van der Waals surface area contributed by atoms with Gasteiger partial charge in [-0.15, -0.1) is 0 Å². The quantitative estimate of drug-likeness (QED) is 0.713. The Bertz CT molecular complexity index is 1130. The van der Waals surface area contributed by atoms with Gasteiger partial charge in [-0.1, -0.05) is 0 Å². The molecule has 3 amide bonds. The first-order chi connectivity index (χ1) is 16.4. The Hall–Kier alpha value is -2.72. The van der Waals surface area contributed by atoms with E-state index in [1.807, 2.05) is 6.07 Å². The summed E-state index contributed by atoms with van der Waals surface area (Å²) in [6.45, 7) is 6.05. The first-order valence-corrected chi connectivity index (χ1v) is 12.4. The second-order valence-corrected chi connectivity index (χ2v) is 10.4. The topological polar surface area (TPSA) is 85.7 Å². The summed E-state index contributed by atoms with van der Waals surface area (Å²) >= 11 is 0. The Balaban J connectivity index is 1.16. The van der Waals surface area contributed by atoms with E-state index in [1.54, 1.807) is 11.7 Å². The molecule has 0 atom stereocenters. The zero-order chi connectivity index (χ0) is 23.4. The highest BCUT2D eigenvalue weighted by molar-refractivity contribution is 6.09. The SMILES string of the molecule is Cn1nc(N2CCC(=O)NC2=O)c2cc(F)c(N3CCN(C4CC5(CCNCC5)C4)CC3)cc21. The van der Waals surface area contributed by atoms with Gasteiger partial charge in [0.25, 0.3) is 0 Å². The number of benzene rings is 1. The standard InChI is InChI=1S/C24H32FN7O2/c1-29-19-13-20(18(25)12-17(19)22(28-29)32-7-2-21(33)27-23(32)34)31-10-8-30(9-11-31)16-14-24(15-16)3-5-26-6-4-24/h12-13,16,26H,2-11,14-15H2,1H3,(H,27,33,34). The third-order valence-electron chi connectivity index (χ3n) is 8.38. The third kappa shape index (κ3) is 3.63. The van der Waals surface area contributed by atoms with Gasteiger partial charge >= 0.3 is 6.03 Å². The summed E-state index contributed by atoms with van der Waals surface area (Å²) in [6, 6.07) is 3.49. The molecule has 6 rings (SSSR count). The van der Waals surface area contributed by atoms with Crippen LogP contribution < -0.4 is 20.4 Å². The number of carbonyl (C=O) groups excluding carboxylic acids is 2. The minimum absolute atomic E-state index is 0.202. The fourth-order valence-corrected chi connectivity index (χ4v) is 6.35. The minimum atomic E-state index is -0.515. The van der Waals surface area contributed by atoms with Crippen molar-refractivity contribution in [2.45, 2.75) is 38.1 Å². The van der Waals surface area contributed by atoms with Crippen LogP contribution in [0.15, 0.2) is 12.1 Å². The maximum absolute atomic E-state index is 15.3. The van der Waals surface area contributed by atoms with Gasteiger partial charge in [-0.25, -0.2) is 9.18 Å². The summed E-state index contributed by atoms with van der Waals surface area (Å²) in [4.78, 5) is 29.9. The molecule has 1 aliphatic carbocycles. The number of nitrogens with one attached hydrogen (secondary N) is 2. The number of piperazine rings is 1. The van der Waals surface area contributed by atoms with E-state index in [9.17, 15) is 9.59 Å². The number of hydrogen-bond donors (Lipinski definition) is 2. The van der Waals surface area contributed by atoms with Crippen LogP contribution in [-0.2, 0) is 11.8 Å². The lowest BCUT2D eigenvalue weighted by Crippen LogP contribution is -2.58. The molecule has 9 nitrogen and oxygen atoms in total. The van der Waals surface area contributed by atoms with Crippen LogP contribution in [0.1, 0.15) is 32.1 Å². The monoisotopic (exact) mass is 469 g/mol. The van der Waals surface area contributed by atoms with Gasteiger partial charge in [0.2, 0.25) is 5.91 Å². The number of halogens is 1. The summed E-state index contributed by atoms with van der Waals surface area (Å²) in [5.74, 6) is -0.225. The second-order valence-electron chi connectivity index (χ2n) is 10.4. The molecule has 34 heavy (non-hydrogen) atoms. The molecule has 4 aliphatic rings. The lowest BCUT2D eigenvalue weighted by molar-refractivity contribution is -0.120. The number of aromatic nitrogens is 2. The molecule has 1 aromatic carbocycles. The molecule has 4 fully saturated rings. The van der Waals surface area contributed by atoms with Gasteiger partial charge in [0.15, 0.2) is 5.82 Å². The number of nitrogens with zero attached hydrogens (tertiary/aromatic N) is 5. The average molecular weight is 470 g/mol. The number of amides is 3. The molecule has 3 saturated heterocycles. The van der Waals surface area contributed by atoms with Crippen LogP contribution in [0.25, 0.3) is 10.9 Å². The Labute approximate surface area is 198 Å². The molecule has 0 unspecified atom stereocenters. The number of urea groups is 1. The fourth-order valence-electron chi connectivity index (χ4n) is 6.35. The van der Waals surface area contributed by atoms with E-state index in [4.69, 9.17) is 0 Å². The van der Waals surface area contributed by atoms with E-state index in [-0.39, 0.29) is 24.7 Å². The Morgan fingerprint density at radius 1 is 1.06 bits per heavy atom. The van der Waals surface area contributed by atoms with Crippen molar-refractivity contribution in [3.05, 3.63) is 17.9 Å². The highest BCUT2D eigenvalue weighted by Gasteiger charge is 2.47. The van der Waals surface area contributed by atoms with Crippen molar-refractivity contribution in [3.63, 3.8) is 0 Å². The summed E-state index contributed by atoms with van der Waals surface area (Å²) in [5.41, 5.74) is 1.92. The van der Waals surface area contributed by atoms with Crippen LogP contribution in [-0.4, -0.2) is 78.5 Å². The number of hydrogen-bond acceptors (Lipinski definition) is 6. The molecule has 1 saturated carbocycles. The van der Waals surface area contributed by atoms with Crippen LogP contribution in [0.5, 0.6) is 0 Å². The van der Waals surface area contributed by atoms with Gasteiger partial charge in [0.1, 0.15) is 5.82 Å². The van der Waals surface area contributed by atoms with Gasteiger partial charge < -0.3 is 10.2 Å². The molecule has 1 aromatic heterocycles. The normalized spacial score (nSPS) is 24.1. The van der Waals surface area contributed by atoms with E-state index in [1.165, 1.54) is 36.6 Å². The zero-order valence-electron chi connectivity index (χ0n) is 19.6. The van der Waals surface area contributed by atoms with Crippen LogP contribution in [0.3, 0.4) is 0 Å². The summed E-state index contributed by atoms with van der Waals surface area (Å²) in [7, 11) is 1.80. The van der Waals surface area contributed by atoms with Crippen molar-refractivity contribution in [1.29, 1.82) is 0 Å². The van der Waals surface area contributed by atoms with Crippen molar-refractivity contribution in [3.8, 4) is 0 Å². The molecule has 2 N–H and O–H groups in total. The van der Waals surface area contributed by atoms with Gasteiger partial charge in [-0.2, -0.15) is 5.10 Å². The van der Waals surface area contributed by atoms with Crippen molar-refractivity contribution in [2.24, 2.45) is 12.5 Å². The molecule has 10 heteroatoms. The molecular weight excluding hydrogens is 437 g/mol. The highest BCUT2D eigenvalue weighted by Crippen LogP contribution is 2.50. The van der Waals surface area contributed by atoms with E-state index < -0.39 is 6.03 Å². The minimum Gasteiger partial charge on any atom is -0.367 e. The molecule has 0 bridgehead atoms. The number of aryl methyl sites for hydroxylation is 1. The molecule has 1 spiro atoms. The highest BCUT2D eigenvalue weighted by atomic mass is 19.1. The number of carbonyl (C=O) groups is 2. The van der Waals surface area contributed by atoms with Crippen molar-refractivity contribution in [1.82, 2.24) is 25.3 Å². The maximum Gasteiger partial charge on any atom is 0.329 e. The molecule has 182 valence electrons. The second kappa shape index (κ2) is 8.20. The van der Waals surface area contributed by atoms with Gasteiger partial charge in [0, 0.05) is 57.6 Å². The lowest BCUT2D eigenvalue weighted by atomic mass is 9.60. The Morgan fingerprint density at radius 2 is 1.79 bits per heavy atom. The van der Waals surface area contributed by atoms with Gasteiger partial charge in [-0.3, -0.25) is 24.6 Å². The molecule has 3 aliphatic heterocycles. The number of imide groups is 1. The first kappa shape index (κ1) is 21.8. The number of rotatable bonds is 3. The van der Waals surface area contributed by atoms with Gasteiger partial charge in [-0.05, 0) is 56.3 Å². The van der Waals surface area contributed by atoms with E-state index in [2.05, 4.69) is 25.5 Å². The maximum atomic E-state index is 15.3. The van der Waals surface area contributed by atoms with Crippen molar-refractivity contribution in [2.75, 3.05) is 55.6 Å². The zero-order valence-corrected chi connectivity index (χ0v) is 19.6. The van der Waals surface area contributed by atoms with Crippen molar-refractivity contribution >= 4 is 34.3 Å². The first-order valence-electron chi connectivity index (χ1n) is 12.4. The molecular formula is C24H32FN7O2.